The Kier molecular flexibility index (Phi) is 7.40. The third-order valence-electron chi connectivity index (χ3n) is 3.82. The van der Waals surface area contributed by atoms with E-state index in [1.165, 1.54) is 11.1 Å². The Morgan fingerprint density at radius 1 is 1.24 bits per heavy atom. The van der Waals surface area contributed by atoms with E-state index >= 15 is 0 Å². The maximum absolute atomic E-state index is 12.0. The van der Waals surface area contributed by atoms with Gasteiger partial charge in [-0.2, -0.15) is 0 Å². The van der Waals surface area contributed by atoms with Gasteiger partial charge in [0.25, 0.3) is 0 Å². The average molecular weight is 311 g/mol. The van der Waals surface area contributed by atoms with Gasteiger partial charge in [-0.25, -0.2) is 8.42 Å². The zero-order chi connectivity index (χ0) is 15.9. The normalized spacial score (nSPS) is 13.6. The van der Waals surface area contributed by atoms with E-state index in [2.05, 4.69) is 43.4 Å². The average Bonchev–Trinajstić information content (AvgIpc) is 2.41. The van der Waals surface area contributed by atoms with Gasteiger partial charge in [0.15, 0.2) is 9.84 Å². The third-order valence-corrected chi connectivity index (χ3v) is 6.06. The molecular formula is C17H29NO2S. The molecule has 1 aromatic rings. The molecule has 0 spiro atoms. The molecule has 0 fully saturated rings. The summed E-state index contributed by atoms with van der Waals surface area (Å²) in [6.45, 7) is 9.48. The van der Waals surface area contributed by atoms with Crippen molar-refractivity contribution in [1.29, 1.82) is 0 Å². The Morgan fingerprint density at radius 3 is 2.52 bits per heavy atom. The number of hydrogen-bond donors (Lipinski definition) is 1. The zero-order valence-corrected chi connectivity index (χ0v) is 14.5. The summed E-state index contributed by atoms with van der Waals surface area (Å²) in [7, 11) is -2.95. The van der Waals surface area contributed by atoms with Crippen molar-refractivity contribution in [2.24, 2.45) is 5.92 Å². The molecule has 0 aliphatic heterocycles. The molecule has 0 aliphatic rings. The van der Waals surface area contributed by atoms with Crippen molar-refractivity contribution in [3.05, 3.63) is 35.4 Å². The van der Waals surface area contributed by atoms with E-state index in [9.17, 15) is 8.42 Å². The lowest BCUT2D eigenvalue weighted by Crippen LogP contribution is -2.27. The van der Waals surface area contributed by atoms with Gasteiger partial charge in [0.1, 0.15) is 0 Å². The fourth-order valence-electron chi connectivity index (χ4n) is 2.36. The summed E-state index contributed by atoms with van der Waals surface area (Å²) >= 11 is 0. The van der Waals surface area contributed by atoms with Crippen LogP contribution in [0.4, 0.5) is 0 Å². The fourth-order valence-corrected chi connectivity index (χ4v) is 3.50. The number of aryl methyl sites for hydroxylation is 1. The Balaban J connectivity index is 2.67. The van der Waals surface area contributed by atoms with Crippen LogP contribution in [-0.2, 0) is 16.3 Å². The van der Waals surface area contributed by atoms with Gasteiger partial charge in [-0.05, 0) is 58.2 Å². The summed E-state index contributed by atoms with van der Waals surface area (Å²) in [5.74, 6) is 0.646. The molecule has 0 heterocycles. The summed E-state index contributed by atoms with van der Waals surface area (Å²) in [6, 6.07) is 8.48. The molecule has 1 atom stereocenters. The lowest BCUT2D eigenvalue weighted by atomic mass is 9.96. The summed E-state index contributed by atoms with van der Waals surface area (Å²) in [6.07, 6.45) is 1.66. The van der Waals surface area contributed by atoms with Gasteiger partial charge in [0.05, 0.1) is 11.0 Å². The summed E-state index contributed by atoms with van der Waals surface area (Å²) < 4.78 is 24.0. The first-order valence-electron chi connectivity index (χ1n) is 7.83. The summed E-state index contributed by atoms with van der Waals surface area (Å²) in [4.78, 5) is 0. The lowest BCUT2D eigenvalue weighted by Gasteiger charge is -2.18. The Morgan fingerprint density at radius 2 is 1.95 bits per heavy atom. The highest BCUT2D eigenvalue weighted by Crippen LogP contribution is 2.16. The predicted octanol–water partition coefficient (Wildman–Crippen LogP) is 2.98. The topological polar surface area (TPSA) is 46.2 Å². The second kappa shape index (κ2) is 8.54. The fraction of sp³-hybridized carbons (Fsp3) is 0.647. The maximum Gasteiger partial charge on any atom is 0.152 e. The second-order valence-corrected chi connectivity index (χ2v) is 8.75. The third kappa shape index (κ3) is 6.62. The van der Waals surface area contributed by atoms with Crippen LogP contribution < -0.4 is 5.32 Å². The molecule has 4 heteroatoms. The van der Waals surface area contributed by atoms with Gasteiger partial charge in [-0.3, -0.25) is 0 Å². The zero-order valence-electron chi connectivity index (χ0n) is 13.7. The van der Waals surface area contributed by atoms with Crippen molar-refractivity contribution in [1.82, 2.24) is 5.32 Å². The Hall–Kier alpha value is -0.870. The van der Waals surface area contributed by atoms with E-state index in [4.69, 9.17) is 0 Å². The van der Waals surface area contributed by atoms with E-state index in [1.807, 2.05) is 0 Å². The highest BCUT2D eigenvalue weighted by Gasteiger charge is 2.19. The first-order chi connectivity index (χ1) is 9.85. The van der Waals surface area contributed by atoms with Gasteiger partial charge in [0.2, 0.25) is 0 Å². The lowest BCUT2D eigenvalue weighted by molar-refractivity contribution is 0.464. The molecule has 0 saturated heterocycles. The molecule has 3 nitrogen and oxygen atoms in total. The van der Waals surface area contributed by atoms with Crippen LogP contribution in [0.25, 0.3) is 0 Å². The molecule has 1 rings (SSSR count). The van der Waals surface area contributed by atoms with Gasteiger partial charge in [-0.15, -0.1) is 0 Å². The Bertz CT molecular complexity index is 523. The van der Waals surface area contributed by atoms with Crippen LogP contribution in [0, 0.1) is 12.8 Å². The van der Waals surface area contributed by atoms with E-state index in [1.54, 1.807) is 13.8 Å². The molecule has 1 aromatic carbocycles. The number of benzene rings is 1. The van der Waals surface area contributed by atoms with E-state index in [0.717, 1.165) is 25.9 Å². The molecule has 0 radical (unpaired) electrons. The van der Waals surface area contributed by atoms with Gasteiger partial charge < -0.3 is 5.32 Å². The van der Waals surface area contributed by atoms with Gasteiger partial charge >= 0.3 is 0 Å². The molecule has 0 amide bonds. The van der Waals surface area contributed by atoms with E-state index in [-0.39, 0.29) is 11.0 Å². The van der Waals surface area contributed by atoms with E-state index in [0.29, 0.717) is 5.92 Å². The van der Waals surface area contributed by atoms with E-state index < -0.39 is 9.84 Å². The maximum atomic E-state index is 12.0. The predicted molar refractivity (Wildman–Crippen MR) is 90.5 cm³/mol. The smallest absolute Gasteiger partial charge is 0.152 e. The van der Waals surface area contributed by atoms with Crippen LogP contribution in [0.2, 0.25) is 0 Å². The van der Waals surface area contributed by atoms with Gasteiger partial charge in [-0.1, -0.05) is 36.8 Å². The number of rotatable bonds is 9. The molecule has 120 valence electrons. The highest BCUT2D eigenvalue weighted by atomic mass is 32.2. The van der Waals surface area contributed by atoms with Gasteiger partial charge in [0, 0.05) is 0 Å². The quantitative estimate of drug-likeness (QED) is 0.762. The molecule has 0 aromatic heterocycles. The summed E-state index contributed by atoms with van der Waals surface area (Å²) in [5.41, 5.74) is 2.55. The molecule has 1 unspecified atom stereocenters. The van der Waals surface area contributed by atoms with Crippen LogP contribution >= 0.6 is 0 Å². The van der Waals surface area contributed by atoms with Crippen LogP contribution in [0.1, 0.15) is 38.3 Å². The molecular weight excluding hydrogens is 282 g/mol. The van der Waals surface area contributed by atoms with Crippen molar-refractivity contribution >= 4 is 9.84 Å². The van der Waals surface area contributed by atoms with Crippen LogP contribution in [0.3, 0.4) is 0 Å². The Labute approximate surface area is 130 Å². The van der Waals surface area contributed by atoms with Crippen LogP contribution in [0.5, 0.6) is 0 Å². The minimum Gasteiger partial charge on any atom is -0.317 e. The number of hydrogen-bond acceptors (Lipinski definition) is 3. The second-order valence-electron chi connectivity index (χ2n) is 6.07. The minimum atomic E-state index is -2.95. The van der Waals surface area contributed by atoms with Crippen molar-refractivity contribution in [2.75, 3.05) is 18.8 Å². The van der Waals surface area contributed by atoms with Crippen molar-refractivity contribution in [3.63, 3.8) is 0 Å². The molecule has 21 heavy (non-hydrogen) atoms. The van der Waals surface area contributed by atoms with Crippen molar-refractivity contribution < 1.29 is 8.42 Å². The molecule has 0 saturated carbocycles. The minimum absolute atomic E-state index is 0.281. The van der Waals surface area contributed by atoms with Crippen LogP contribution in [-0.4, -0.2) is 32.5 Å². The van der Waals surface area contributed by atoms with Crippen molar-refractivity contribution in [2.45, 2.75) is 45.8 Å². The van der Waals surface area contributed by atoms with Crippen molar-refractivity contribution in [3.8, 4) is 0 Å². The standard InChI is InChI=1S/C17H29NO2S/c1-5-18-13-17(9-10-21(19,20)14(2)3)12-16-8-6-7-15(4)11-16/h6-8,11,14,17-18H,5,9-10,12-13H2,1-4H3. The molecule has 0 aliphatic carbocycles. The SMILES string of the molecule is CCNCC(CCS(=O)(=O)C(C)C)Cc1cccc(C)c1. The molecule has 0 bridgehead atoms. The summed E-state index contributed by atoms with van der Waals surface area (Å²) in [5, 5.41) is 3.07. The number of sulfone groups is 1. The first kappa shape index (κ1) is 18.2. The number of nitrogens with one attached hydrogen (secondary N) is 1. The van der Waals surface area contributed by atoms with Crippen LogP contribution in [0.15, 0.2) is 24.3 Å². The molecule has 1 N–H and O–H groups in total. The monoisotopic (exact) mass is 311 g/mol. The highest BCUT2D eigenvalue weighted by molar-refractivity contribution is 7.91. The largest absolute Gasteiger partial charge is 0.317 e. The first-order valence-corrected chi connectivity index (χ1v) is 9.54.